The number of hydrogen-bond donors (Lipinski definition) is 1. The Balaban J connectivity index is 2.02. The number of hydrogen-bond acceptors (Lipinski definition) is 3. The van der Waals surface area contributed by atoms with Crippen LogP contribution in [0.5, 0.6) is 5.75 Å². The number of ether oxygens (including phenoxy) is 1. The molecule has 1 amide bonds. The number of carbonyl (C=O) groups excluding carboxylic acids is 1. The third kappa shape index (κ3) is 5.45. The number of aryl methyl sites for hydroxylation is 1. The van der Waals surface area contributed by atoms with Crippen molar-refractivity contribution in [3.63, 3.8) is 0 Å². The van der Waals surface area contributed by atoms with Gasteiger partial charge in [0.25, 0.3) is 5.91 Å². The van der Waals surface area contributed by atoms with Crippen LogP contribution in [0, 0.1) is 6.92 Å². The molecule has 4 heteroatoms. The van der Waals surface area contributed by atoms with Crippen molar-refractivity contribution >= 4 is 11.6 Å². The van der Waals surface area contributed by atoms with Gasteiger partial charge in [-0.2, -0.15) is 5.10 Å². The molecule has 0 aliphatic rings. The van der Waals surface area contributed by atoms with Crippen molar-refractivity contribution in [2.45, 2.75) is 53.6 Å². The van der Waals surface area contributed by atoms with Gasteiger partial charge < -0.3 is 4.74 Å². The van der Waals surface area contributed by atoms with Crippen molar-refractivity contribution in [2.24, 2.45) is 5.10 Å². The fourth-order valence-corrected chi connectivity index (χ4v) is 2.45. The summed E-state index contributed by atoms with van der Waals surface area (Å²) in [5.41, 5.74) is 7.45. The average molecular weight is 352 g/mol. The molecule has 138 valence electrons. The minimum Gasteiger partial charge on any atom is -0.489 e. The maximum Gasteiger partial charge on any atom is 0.271 e. The van der Waals surface area contributed by atoms with E-state index in [9.17, 15) is 4.79 Å². The van der Waals surface area contributed by atoms with Crippen molar-refractivity contribution in [1.29, 1.82) is 0 Å². The van der Waals surface area contributed by atoms with E-state index in [-0.39, 0.29) is 5.91 Å². The number of carbonyl (C=O) groups is 1. The van der Waals surface area contributed by atoms with Crippen molar-refractivity contribution < 1.29 is 9.53 Å². The van der Waals surface area contributed by atoms with Gasteiger partial charge in [0.2, 0.25) is 0 Å². The second-order valence-corrected chi connectivity index (χ2v) is 6.82. The minimum atomic E-state index is -0.203. The summed E-state index contributed by atoms with van der Waals surface area (Å²) in [7, 11) is 0. The Hall–Kier alpha value is -2.62. The summed E-state index contributed by atoms with van der Waals surface area (Å²) >= 11 is 0. The SMILES string of the molecule is CC/C(C)=N\NC(=O)c1ccc(COc2cc(C)ccc2C(C)C)cc1. The van der Waals surface area contributed by atoms with E-state index in [1.165, 1.54) is 11.1 Å². The first-order valence-electron chi connectivity index (χ1n) is 9.06. The molecule has 0 aliphatic heterocycles. The maximum atomic E-state index is 12.1. The first kappa shape index (κ1) is 19.7. The molecule has 0 fully saturated rings. The molecule has 0 spiro atoms. The molecule has 0 saturated carbocycles. The molecule has 2 aromatic carbocycles. The van der Waals surface area contributed by atoms with Gasteiger partial charge in [0, 0.05) is 11.3 Å². The molecule has 0 bridgehead atoms. The molecule has 0 aromatic heterocycles. The molecule has 0 radical (unpaired) electrons. The summed E-state index contributed by atoms with van der Waals surface area (Å²) in [5.74, 6) is 1.13. The molecule has 0 atom stereocenters. The summed E-state index contributed by atoms with van der Waals surface area (Å²) in [6.07, 6.45) is 0.813. The second-order valence-electron chi connectivity index (χ2n) is 6.82. The van der Waals surface area contributed by atoms with Crippen LogP contribution in [-0.4, -0.2) is 11.6 Å². The smallest absolute Gasteiger partial charge is 0.271 e. The van der Waals surface area contributed by atoms with Gasteiger partial charge >= 0.3 is 0 Å². The Morgan fingerprint density at radius 1 is 1.15 bits per heavy atom. The van der Waals surface area contributed by atoms with E-state index in [2.05, 4.69) is 49.5 Å². The molecule has 1 N–H and O–H groups in total. The van der Waals surface area contributed by atoms with E-state index >= 15 is 0 Å². The average Bonchev–Trinajstić information content (AvgIpc) is 2.64. The van der Waals surface area contributed by atoms with Crippen LogP contribution < -0.4 is 10.2 Å². The van der Waals surface area contributed by atoms with Crippen LogP contribution in [0.4, 0.5) is 0 Å². The highest BCUT2D eigenvalue weighted by molar-refractivity contribution is 5.95. The van der Waals surface area contributed by atoms with Gasteiger partial charge in [0.1, 0.15) is 12.4 Å². The molecular formula is C22H28N2O2. The first-order valence-corrected chi connectivity index (χ1v) is 9.06. The van der Waals surface area contributed by atoms with Crippen LogP contribution >= 0.6 is 0 Å². The predicted octanol–water partition coefficient (Wildman–Crippen LogP) is 5.21. The number of nitrogens with one attached hydrogen (secondary N) is 1. The molecule has 0 saturated heterocycles. The Labute approximate surface area is 156 Å². The fraction of sp³-hybridized carbons (Fsp3) is 0.364. The lowest BCUT2D eigenvalue weighted by molar-refractivity contribution is 0.0954. The van der Waals surface area contributed by atoms with Crippen molar-refractivity contribution in [3.05, 3.63) is 64.7 Å². The Morgan fingerprint density at radius 2 is 1.85 bits per heavy atom. The topological polar surface area (TPSA) is 50.7 Å². The first-order chi connectivity index (χ1) is 12.4. The van der Waals surface area contributed by atoms with E-state index in [0.717, 1.165) is 23.4 Å². The Kier molecular flexibility index (Phi) is 6.96. The van der Waals surface area contributed by atoms with Crippen LogP contribution in [0.25, 0.3) is 0 Å². The Bertz CT molecular complexity index is 777. The Morgan fingerprint density at radius 3 is 2.46 bits per heavy atom. The standard InChI is InChI=1S/C22H28N2O2/c1-6-17(5)23-24-22(25)19-10-8-18(9-11-19)14-26-21-13-16(4)7-12-20(21)15(2)3/h7-13,15H,6,14H2,1-5H3,(H,24,25)/b23-17-. The predicted molar refractivity (Wildman–Crippen MR) is 107 cm³/mol. The van der Waals surface area contributed by atoms with E-state index in [4.69, 9.17) is 4.74 Å². The zero-order valence-electron chi connectivity index (χ0n) is 16.3. The minimum absolute atomic E-state index is 0.203. The molecule has 2 aromatic rings. The van der Waals surface area contributed by atoms with Crippen molar-refractivity contribution in [1.82, 2.24) is 5.43 Å². The van der Waals surface area contributed by atoms with Crippen LogP contribution in [0.15, 0.2) is 47.6 Å². The van der Waals surface area contributed by atoms with Gasteiger partial charge in [-0.3, -0.25) is 4.79 Å². The van der Waals surface area contributed by atoms with Gasteiger partial charge in [-0.25, -0.2) is 5.43 Å². The van der Waals surface area contributed by atoms with E-state index in [1.54, 1.807) is 12.1 Å². The highest BCUT2D eigenvalue weighted by Crippen LogP contribution is 2.28. The number of rotatable bonds is 7. The van der Waals surface area contributed by atoms with Gasteiger partial charge in [-0.05, 0) is 61.1 Å². The van der Waals surface area contributed by atoms with Gasteiger partial charge in [-0.15, -0.1) is 0 Å². The summed E-state index contributed by atoms with van der Waals surface area (Å²) in [6, 6.07) is 13.7. The second kappa shape index (κ2) is 9.18. The van der Waals surface area contributed by atoms with Crippen molar-refractivity contribution in [2.75, 3.05) is 0 Å². The highest BCUT2D eigenvalue weighted by atomic mass is 16.5. The third-order valence-electron chi connectivity index (χ3n) is 4.26. The highest BCUT2D eigenvalue weighted by Gasteiger charge is 2.09. The monoisotopic (exact) mass is 352 g/mol. The number of nitrogens with zero attached hydrogens (tertiary/aromatic N) is 1. The van der Waals surface area contributed by atoms with Crippen LogP contribution in [0.1, 0.15) is 67.1 Å². The largest absolute Gasteiger partial charge is 0.489 e. The molecule has 0 unspecified atom stereocenters. The lowest BCUT2D eigenvalue weighted by Gasteiger charge is -2.15. The van der Waals surface area contributed by atoms with Crippen LogP contribution in [0.2, 0.25) is 0 Å². The summed E-state index contributed by atoms with van der Waals surface area (Å²) in [4.78, 5) is 12.1. The van der Waals surface area contributed by atoms with Crippen LogP contribution in [-0.2, 0) is 6.61 Å². The lowest BCUT2D eigenvalue weighted by atomic mass is 10.0. The van der Waals surface area contributed by atoms with E-state index in [0.29, 0.717) is 18.1 Å². The summed E-state index contributed by atoms with van der Waals surface area (Å²) in [6.45, 7) is 10.7. The van der Waals surface area contributed by atoms with E-state index in [1.807, 2.05) is 26.0 Å². The number of hydrazone groups is 1. The summed E-state index contributed by atoms with van der Waals surface area (Å²) in [5, 5.41) is 4.04. The molecule has 0 aliphatic carbocycles. The number of amides is 1. The van der Waals surface area contributed by atoms with Gasteiger partial charge in [-0.1, -0.05) is 45.0 Å². The van der Waals surface area contributed by atoms with Gasteiger partial charge in [0.15, 0.2) is 0 Å². The van der Waals surface area contributed by atoms with Crippen LogP contribution in [0.3, 0.4) is 0 Å². The fourth-order valence-electron chi connectivity index (χ4n) is 2.45. The quantitative estimate of drug-likeness (QED) is 0.549. The molecule has 0 heterocycles. The zero-order chi connectivity index (χ0) is 19.1. The summed E-state index contributed by atoms with van der Waals surface area (Å²) < 4.78 is 6.04. The van der Waals surface area contributed by atoms with Gasteiger partial charge in [0.05, 0.1) is 0 Å². The number of benzene rings is 2. The van der Waals surface area contributed by atoms with Crippen molar-refractivity contribution in [3.8, 4) is 5.75 Å². The molecule has 2 rings (SSSR count). The molecule has 4 nitrogen and oxygen atoms in total. The molecular weight excluding hydrogens is 324 g/mol. The zero-order valence-corrected chi connectivity index (χ0v) is 16.3. The molecule has 26 heavy (non-hydrogen) atoms. The third-order valence-corrected chi connectivity index (χ3v) is 4.26. The normalized spacial score (nSPS) is 11.5. The lowest BCUT2D eigenvalue weighted by Crippen LogP contribution is -2.18. The maximum absolute atomic E-state index is 12.1. The van der Waals surface area contributed by atoms with E-state index < -0.39 is 0 Å².